The first-order valence-corrected chi connectivity index (χ1v) is 9.54. The summed E-state index contributed by atoms with van der Waals surface area (Å²) in [6, 6.07) is 4.87. The summed E-state index contributed by atoms with van der Waals surface area (Å²) < 4.78 is 21.0. The zero-order valence-corrected chi connectivity index (χ0v) is 17.6. The molecule has 8 heteroatoms. The van der Waals surface area contributed by atoms with E-state index in [-0.39, 0.29) is 29.9 Å². The number of nitrogens with zero attached hydrogens (tertiary/aromatic N) is 1. The molecule has 0 bridgehead atoms. The molecule has 0 aromatic heterocycles. The minimum Gasteiger partial charge on any atom is -0.465 e. The number of esters is 2. The molecule has 1 atom stereocenters. The summed E-state index contributed by atoms with van der Waals surface area (Å²) in [6.07, 6.45) is 0.997. The quantitative estimate of drug-likeness (QED) is 0.547. The molecule has 0 saturated carbocycles. The van der Waals surface area contributed by atoms with Gasteiger partial charge >= 0.3 is 18.0 Å². The number of piperidine rings is 1. The Morgan fingerprint density at radius 1 is 1.10 bits per heavy atom. The van der Waals surface area contributed by atoms with Crippen LogP contribution in [0.25, 0.3) is 0 Å². The van der Waals surface area contributed by atoms with Crippen LogP contribution < -0.4 is 0 Å². The van der Waals surface area contributed by atoms with E-state index in [4.69, 9.17) is 18.9 Å². The van der Waals surface area contributed by atoms with Gasteiger partial charge in [-0.05, 0) is 45.2 Å². The van der Waals surface area contributed by atoms with Crippen molar-refractivity contribution in [2.45, 2.75) is 51.9 Å². The smallest absolute Gasteiger partial charge is 0.410 e. The molecule has 2 rings (SSSR count). The summed E-state index contributed by atoms with van der Waals surface area (Å²) in [6.45, 7) is 6.59. The van der Waals surface area contributed by atoms with E-state index in [1.54, 1.807) is 17.0 Å². The van der Waals surface area contributed by atoms with Gasteiger partial charge in [0.2, 0.25) is 0 Å². The Kier molecular flexibility index (Phi) is 7.61. The van der Waals surface area contributed by atoms with Crippen LogP contribution in [0.4, 0.5) is 4.79 Å². The van der Waals surface area contributed by atoms with Crippen LogP contribution in [0, 0.1) is 0 Å². The van der Waals surface area contributed by atoms with Gasteiger partial charge in [-0.2, -0.15) is 0 Å². The van der Waals surface area contributed by atoms with Crippen molar-refractivity contribution in [2.75, 3.05) is 27.3 Å². The number of benzene rings is 1. The number of carbonyl (C=O) groups is 3. The largest absolute Gasteiger partial charge is 0.465 e. The van der Waals surface area contributed by atoms with Gasteiger partial charge in [-0.1, -0.05) is 12.1 Å². The van der Waals surface area contributed by atoms with Gasteiger partial charge in [0.1, 0.15) is 5.60 Å². The molecular formula is C21H29NO7. The third-order valence-corrected chi connectivity index (χ3v) is 4.45. The summed E-state index contributed by atoms with van der Waals surface area (Å²) in [5, 5.41) is 0. The number of likely N-dealkylation sites (tertiary alicyclic amines) is 1. The van der Waals surface area contributed by atoms with E-state index < -0.39 is 17.5 Å². The lowest BCUT2D eigenvalue weighted by Crippen LogP contribution is -2.45. The molecular weight excluding hydrogens is 378 g/mol. The lowest BCUT2D eigenvalue weighted by molar-refractivity contribution is -0.0260. The van der Waals surface area contributed by atoms with Gasteiger partial charge in [0.15, 0.2) is 0 Å². The van der Waals surface area contributed by atoms with Gasteiger partial charge in [-0.15, -0.1) is 0 Å². The lowest BCUT2D eigenvalue weighted by Gasteiger charge is -2.34. The van der Waals surface area contributed by atoms with Crippen molar-refractivity contribution in [1.29, 1.82) is 0 Å². The van der Waals surface area contributed by atoms with Gasteiger partial charge in [-0.25, -0.2) is 14.4 Å². The van der Waals surface area contributed by atoms with E-state index in [0.717, 1.165) is 12.8 Å². The second-order valence-corrected chi connectivity index (χ2v) is 7.82. The van der Waals surface area contributed by atoms with Gasteiger partial charge in [-0.3, -0.25) is 0 Å². The van der Waals surface area contributed by atoms with Crippen LogP contribution >= 0.6 is 0 Å². The maximum Gasteiger partial charge on any atom is 0.410 e. The highest BCUT2D eigenvalue weighted by molar-refractivity contribution is 6.04. The zero-order valence-electron chi connectivity index (χ0n) is 17.6. The monoisotopic (exact) mass is 407 g/mol. The first kappa shape index (κ1) is 22.7. The first-order chi connectivity index (χ1) is 13.7. The summed E-state index contributed by atoms with van der Waals surface area (Å²) in [7, 11) is 2.50. The summed E-state index contributed by atoms with van der Waals surface area (Å²) >= 11 is 0. The molecule has 1 aliphatic rings. The fourth-order valence-electron chi connectivity index (χ4n) is 3.12. The highest BCUT2D eigenvalue weighted by atomic mass is 16.6. The number of methoxy groups -OCH3 is 2. The Hall–Kier alpha value is -2.61. The van der Waals surface area contributed by atoms with Crippen molar-refractivity contribution in [1.82, 2.24) is 4.90 Å². The lowest BCUT2D eigenvalue weighted by atomic mass is 10.0. The number of hydrogen-bond donors (Lipinski definition) is 0. The molecule has 0 radical (unpaired) electrons. The normalized spacial score (nSPS) is 16.9. The van der Waals surface area contributed by atoms with E-state index >= 15 is 0 Å². The van der Waals surface area contributed by atoms with E-state index in [0.29, 0.717) is 18.7 Å². The average molecular weight is 407 g/mol. The topological polar surface area (TPSA) is 91.4 Å². The summed E-state index contributed by atoms with van der Waals surface area (Å²) in [5.74, 6) is -1.26. The van der Waals surface area contributed by atoms with Gasteiger partial charge in [0, 0.05) is 6.54 Å². The third-order valence-electron chi connectivity index (χ3n) is 4.45. The van der Waals surface area contributed by atoms with Crippen LogP contribution in [0.2, 0.25) is 0 Å². The maximum absolute atomic E-state index is 12.3. The van der Waals surface area contributed by atoms with Crippen LogP contribution in [0.3, 0.4) is 0 Å². The van der Waals surface area contributed by atoms with Crippen LogP contribution in [0.1, 0.15) is 59.9 Å². The van der Waals surface area contributed by atoms with Crippen molar-refractivity contribution in [3.8, 4) is 0 Å². The van der Waals surface area contributed by atoms with E-state index in [9.17, 15) is 14.4 Å². The van der Waals surface area contributed by atoms with Crippen LogP contribution in [0.5, 0.6) is 0 Å². The summed E-state index contributed by atoms with van der Waals surface area (Å²) in [5.41, 5.74) is 0.213. The predicted octanol–water partition coefficient (Wildman–Crippen LogP) is 3.18. The average Bonchev–Trinajstić information content (AvgIpc) is 2.69. The molecule has 29 heavy (non-hydrogen) atoms. The number of rotatable bonds is 5. The molecule has 160 valence electrons. The molecule has 0 spiro atoms. The molecule has 0 unspecified atom stereocenters. The third kappa shape index (κ3) is 6.19. The Morgan fingerprint density at radius 3 is 2.41 bits per heavy atom. The SMILES string of the molecule is COC(=O)c1cccc(CO[C@H]2CCCN(C(=O)OC(C)(C)C)C2)c1C(=O)OC. The highest BCUT2D eigenvalue weighted by Gasteiger charge is 2.29. The second-order valence-electron chi connectivity index (χ2n) is 7.82. The van der Waals surface area contributed by atoms with Crippen molar-refractivity contribution >= 4 is 18.0 Å². The molecule has 1 aromatic carbocycles. The van der Waals surface area contributed by atoms with E-state index in [1.807, 2.05) is 20.8 Å². The van der Waals surface area contributed by atoms with E-state index in [1.165, 1.54) is 20.3 Å². The molecule has 0 aliphatic carbocycles. The molecule has 1 aromatic rings. The van der Waals surface area contributed by atoms with Crippen LogP contribution in [-0.2, 0) is 25.6 Å². The number of carbonyl (C=O) groups excluding carboxylic acids is 3. The first-order valence-electron chi connectivity index (χ1n) is 9.54. The summed E-state index contributed by atoms with van der Waals surface area (Å²) in [4.78, 5) is 38.2. The van der Waals surface area contributed by atoms with Crippen LogP contribution in [-0.4, -0.2) is 61.9 Å². The molecule has 1 aliphatic heterocycles. The van der Waals surface area contributed by atoms with Gasteiger partial charge in [0.05, 0.1) is 44.6 Å². The maximum atomic E-state index is 12.3. The minimum absolute atomic E-state index is 0.0993. The molecule has 0 N–H and O–H groups in total. The fraction of sp³-hybridized carbons (Fsp3) is 0.571. The van der Waals surface area contributed by atoms with Crippen molar-refractivity contribution in [3.05, 3.63) is 34.9 Å². The molecule has 8 nitrogen and oxygen atoms in total. The van der Waals surface area contributed by atoms with Crippen molar-refractivity contribution in [2.24, 2.45) is 0 Å². The molecule has 1 heterocycles. The van der Waals surface area contributed by atoms with E-state index in [2.05, 4.69) is 0 Å². The Bertz CT molecular complexity index is 754. The van der Waals surface area contributed by atoms with Crippen molar-refractivity contribution in [3.63, 3.8) is 0 Å². The second kappa shape index (κ2) is 9.73. The van der Waals surface area contributed by atoms with Gasteiger partial charge < -0.3 is 23.8 Å². The van der Waals surface area contributed by atoms with Crippen LogP contribution in [0.15, 0.2) is 18.2 Å². The fourth-order valence-corrected chi connectivity index (χ4v) is 3.12. The minimum atomic E-state index is -0.636. The van der Waals surface area contributed by atoms with Gasteiger partial charge in [0.25, 0.3) is 0 Å². The molecule has 1 saturated heterocycles. The Labute approximate surface area is 171 Å². The standard InChI is InChI=1S/C21H29NO7/c1-21(2,3)29-20(25)22-11-7-9-15(12-22)28-13-14-8-6-10-16(18(23)26-4)17(14)19(24)27-5/h6,8,10,15H,7,9,11-13H2,1-5H3/t15-/m0/s1. The number of ether oxygens (including phenoxy) is 4. The Balaban J connectivity index is 2.10. The Morgan fingerprint density at radius 2 is 1.79 bits per heavy atom. The van der Waals surface area contributed by atoms with Crippen molar-refractivity contribution < 1.29 is 33.3 Å². The number of amides is 1. The predicted molar refractivity (Wildman–Crippen MR) is 105 cm³/mol. The number of hydrogen-bond acceptors (Lipinski definition) is 7. The molecule has 1 fully saturated rings. The molecule has 1 amide bonds. The highest BCUT2D eigenvalue weighted by Crippen LogP contribution is 2.22. The zero-order chi connectivity index (χ0) is 21.6.